The Morgan fingerprint density at radius 3 is 2.14 bits per heavy atom. The molecule has 0 aliphatic heterocycles. The molecule has 120 valence electrons. The molecule has 0 aromatic carbocycles. The summed E-state index contributed by atoms with van der Waals surface area (Å²) in [6, 6.07) is 0. The molecule has 4 aliphatic rings. The van der Waals surface area contributed by atoms with Crippen molar-refractivity contribution in [3.8, 4) is 0 Å². The van der Waals surface area contributed by atoms with Gasteiger partial charge in [0.15, 0.2) is 0 Å². The quantitative estimate of drug-likeness (QED) is 0.610. The Balaban J connectivity index is 1.63. The van der Waals surface area contributed by atoms with Crippen molar-refractivity contribution in [2.45, 2.75) is 64.7 Å². The minimum absolute atomic E-state index is 0.391. The Labute approximate surface area is 138 Å². The molecule has 0 unspecified atom stereocenters. The topological polar surface area (TPSA) is 20.3 Å². The molecule has 0 radical (unpaired) electrons. The van der Waals surface area contributed by atoms with Crippen LogP contribution in [0.1, 0.15) is 64.7 Å². The minimum Gasteiger partial charge on any atom is -0.342 e. The maximum Gasteiger partial charge on any atom is 0.223 e. The highest BCUT2D eigenvalue weighted by atomic mass is 79.9. The summed E-state index contributed by atoms with van der Waals surface area (Å²) in [5.41, 5.74) is 0.391. The fraction of sp³-hybridized carbons (Fsp3) is 0.944. The van der Waals surface area contributed by atoms with Crippen LogP contribution in [0.4, 0.5) is 0 Å². The molecule has 0 spiro atoms. The number of carbonyl (C=O) groups excluding carboxylic acids is 1. The zero-order valence-electron chi connectivity index (χ0n) is 13.5. The van der Waals surface area contributed by atoms with Crippen molar-refractivity contribution in [2.24, 2.45) is 23.2 Å². The number of unbranched alkanes of at least 4 members (excludes halogenated alkanes) is 1. The van der Waals surface area contributed by atoms with Crippen molar-refractivity contribution in [1.29, 1.82) is 0 Å². The number of rotatable bonds is 7. The highest BCUT2D eigenvalue weighted by molar-refractivity contribution is 9.09. The zero-order valence-corrected chi connectivity index (χ0v) is 15.0. The van der Waals surface area contributed by atoms with Crippen molar-refractivity contribution in [3.05, 3.63) is 0 Å². The molecular weight excluding hydrogens is 326 g/mol. The summed E-state index contributed by atoms with van der Waals surface area (Å²) in [5, 5.41) is 0.906. The van der Waals surface area contributed by atoms with Crippen molar-refractivity contribution in [3.63, 3.8) is 0 Å². The number of nitrogens with zero attached hydrogens (tertiary/aromatic N) is 1. The second-order valence-corrected chi connectivity index (χ2v) is 8.81. The minimum atomic E-state index is 0.391. The SMILES string of the molecule is CCCCN(CCBr)C(=O)CC12CC3CC(CC(C3)C1)C2. The van der Waals surface area contributed by atoms with E-state index in [1.807, 2.05) is 0 Å². The Bertz CT molecular complexity index is 346. The van der Waals surface area contributed by atoms with E-state index in [-0.39, 0.29) is 0 Å². The van der Waals surface area contributed by atoms with Crippen LogP contribution in [0.2, 0.25) is 0 Å². The first-order chi connectivity index (χ1) is 10.1. The van der Waals surface area contributed by atoms with E-state index < -0.39 is 0 Å². The van der Waals surface area contributed by atoms with Gasteiger partial charge in [-0.05, 0) is 68.1 Å². The van der Waals surface area contributed by atoms with Crippen LogP contribution in [0.25, 0.3) is 0 Å². The smallest absolute Gasteiger partial charge is 0.223 e. The summed E-state index contributed by atoms with van der Waals surface area (Å²) in [5.74, 6) is 3.28. The van der Waals surface area contributed by atoms with Crippen LogP contribution in [0, 0.1) is 23.2 Å². The monoisotopic (exact) mass is 355 g/mol. The maximum absolute atomic E-state index is 12.8. The molecule has 0 saturated heterocycles. The molecule has 0 atom stereocenters. The van der Waals surface area contributed by atoms with Crippen molar-refractivity contribution < 1.29 is 4.79 Å². The van der Waals surface area contributed by atoms with Gasteiger partial charge >= 0.3 is 0 Å². The van der Waals surface area contributed by atoms with Crippen LogP contribution in [0.3, 0.4) is 0 Å². The van der Waals surface area contributed by atoms with Gasteiger partial charge in [0.2, 0.25) is 5.91 Å². The average molecular weight is 356 g/mol. The fourth-order valence-corrected chi connectivity index (χ4v) is 6.18. The molecule has 4 aliphatic carbocycles. The normalized spacial score (nSPS) is 37.0. The molecule has 4 rings (SSSR count). The Hall–Kier alpha value is -0.0500. The third kappa shape index (κ3) is 3.48. The van der Waals surface area contributed by atoms with Gasteiger partial charge in [-0.1, -0.05) is 29.3 Å². The van der Waals surface area contributed by atoms with Gasteiger partial charge in [0, 0.05) is 24.8 Å². The van der Waals surface area contributed by atoms with Gasteiger partial charge in [-0.3, -0.25) is 4.79 Å². The summed E-state index contributed by atoms with van der Waals surface area (Å²) in [4.78, 5) is 15.0. The largest absolute Gasteiger partial charge is 0.342 e. The lowest BCUT2D eigenvalue weighted by molar-refractivity contribution is -0.139. The molecule has 4 bridgehead atoms. The standard InChI is InChI=1S/C18H30BrNO/c1-2-3-5-20(6-4-19)17(21)13-18-10-14-7-15(11-18)9-16(8-14)12-18/h14-16H,2-13H2,1H3. The van der Waals surface area contributed by atoms with Crippen LogP contribution in [0.5, 0.6) is 0 Å². The third-order valence-corrected chi connectivity index (χ3v) is 6.53. The Kier molecular flexibility index (Phi) is 4.97. The van der Waals surface area contributed by atoms with E-state index in [0.29, 0.717) is 11.3 Å². The molecule has 0 heterocycles. The number of hydrogen-bond acceptors (Lipinski definition) is 1. The second kappa shape index (κ2) is 6.60. The van der Waals surface area contributed by atoms with Gasteiger partial charge in [0.25, 0.3) is 0 Å². The summed E-state index contributed by atoms with van der Waals surface area (Å²) in [6.45, 7) is 4.04. The van der Waals surface area contributed by atoms with Gasteiger partial charge in [0.1, 0.15) is 0 Å². The second-order valence-electron chi connectivity index (χ2n) is 8.02. The van der Waals surface area contributed by atoms with E-state index in [9.17, 15) is 4.79 Å². The lowest BCUT2D eigenvalue weighted by atomic mass is 9.49. The first-order valence-corrected chi connectivity index (χ1v) is 10.1. The third-order valence-electron chi connectivity index (χ3n) is 6.18. The molecule has 4 saturated carbocycles. The van der Waals surface area contributed by atoms with E-state index in [4.69, 9.17) is 0 Å². The van der Waals surface area contributed by atoms with Crippen molar-refractivity contribution in [1.82, 2.24) is 4.90 Å². The molecule has 2 nitrogen and oxygen atoms in total. The van der Waals surface area contributed by atoms with E-state index in [1.165, 1.54) is 44.9 Å². The number of halogens is 1. The molecule has 0 aromatic rings. The summed E-state index contributed by atoms with van der Waals surface area (Å²) in [6.07, 6.45) is 11.6. The van der Waals surface area contributed by atoms with E-state index >= 15 is 0 Å². The fourth-order valence-electron chi connectivity index (χ4n) is 5.75. The molecule has 0 N–H and O–H groups in total. The summed E-state index contributed by atoms with van der Waals surface area (Å²) >= 11 is 3.51. The predicted octanol–water partition coefficient (Wildman–Crippen LogP) is 4.62. The predicted molar refractivity (Wildman–Crippen MR) is 90.5 cm³/mol. The number of amides is 1. The van der Waals surface area contributed by atoms with Crippen LogP contribution in [-0.4, -0.2) is 29.2 Å². The Morgan fingerprint density at radius 2 is 1.67 bits per heavy atom. The van der Waals surface area contributed by atoms with Gasteiger partial charge < -0.3 is 4.90 Å². The van der Waals surface area contributed by atoms with Crippen molar-refractivity contribution in [2.75, 3.05) is 18.4 Å². The average Bonchev–Trinajstić information content (AvgIpc) is 2.41. The molecule has 3 heteroatoms. The van der Waals surface area contributed by atoms with Gasteiger partial charge in [0.05, 0.1) is 0 Å². The highest BCUT2D eigenvalue weighted by Crippen LogP contribution is 2.61. The number of carbonyl (C=O) groups is 1. The zero-order chi connectivity index (χ0) is 14.9. The van der Waals surface area contributed by atoms with Crippen molar-refractivity contribution >= 4 is 21.8 Å². The van der Waals surface area contributed by atoms with Gasteiger partial charge in [-0.2, -0.15) is 0 Å². The molecule has 4 fully saturated rings. The maximum atomic E-state index is 12.8. The summed E-state index contributed by atoms with van der Waals surface area (Å²) < 4.78 is 0. The van der Waals surface area contributed by atoms with Crippen LogP contribution < -0.4 is 0 Å². The summed E-state index contributed by atoms with van der Waals surface area (Å²) in [7, 11) is 0. The highest BCUT2D eigenvalue weighted by Gasteiger charge is 2.51. The van der Waals surface area contributed by atoms with E-state index in [1.54, 1.807) is 0 Å². The van der Waals surface area contributed by atoms with Gasteiger partial charge in [-0.25, -0.2) is 0 Å². The number of hydrogen-bond donors (Lipinski definition) is 0. The van der Waals surface area contributed by atoms with E-state index in [0.717, 1.165) is 49.0 Å². The van der Waals surface area contributed by atoms with Crippen LogP contribution in [-0.2, 0) is 4.79 Å². The van der Waals surface area contributed by atoms with Crippen LogP contribution >= 0.6 is 15.9 Å². The van der Waals surface area contributed by atoms with E-state index in [2.05, 4.69) is 27.8 Å². The van der Waals surface area contributed by atoms with Crippen LogP contribution in [0.15, 0.2) is 0 Å². The lowest BCUT2D eigenvalue weighted by Gasteiger charge is -2.57. The van der Waals surface area contributed by atoms with Gasteiger partial charge in [-0.15, -0.1) is 0 Å². The molecule has 21 heavy (non-hydrogen) atoms. The first-order valence-electron chi connectivity index (χ1n) is 8.98. The number of alkyl halides is 1. The Morgan fingerprint density at radius 1 is 1.10 bits per heavy atom. The molecule has 0 aromatic heterocycles. The molecule has 1 amide bonds. The lowest BCUT2D eigenvalue weighted by Crippen LogP contribution is -2.48. The first kappa shape index (κ1) is 15.8. The molecular formula is C18H30BrNO.